The van der Waals surface area contributed by atoms with Crippen LogP contribution in [-0.4, -0.2) is 18.0 Å². The fourth-order valence-corrected chi connectivity index (χ4v) is 2.45. The third-order valence-electron chi connectivity index (χ3n) is 3.55. The predicted octanol–water partition coefficient (Wildman–Crippen LogP) is 3.16. The number of ether oxygens (including phenoxy) is 1. The van der Waals surface area contributed by atoms with Crippen LogP contribution in [0.25, 0.3) is 22.2 Å². The van der Waals surface area contributed by atoms with Gasteiger partial charge < -0.3 is 15.0 Å². The molecule has 5 nitrogen and oxygen atoms in total. The molecule has 116 valence electrons. The summed E-state index contributed by atoms with van der Waals surface area (Å²) in [7, 11) is 1.61. The van der Waals surface area contributed by atoms with Crippen LogP contribution in [0.3, 0.4) is 0 Å². The fraction of sp³-hybridized carbons (Fsp3) is 0.111. The summed E-state index contributed by atoms with van der Waals surface area (Å²) >= 11 is 0. The summed E-state index contributed by atoms with van der Waals surface area (Å²) < 4.78 is 5.14. The van der Waals surface area contributed by atoms with Crippen LogP contribution in [0.5, 0.6) is 5.75 Å². The van der Waals surface area contributed by atoms with Gasteiger partial charge in [-0.2, -0.15) is 0 Å². The molecule has 23 heavy (non-hydrogen) atoms. The van der Waals surface area contributed by atoms with Gasteiger partial charge in [0.15, 0.2) is 5.43 Å². The van der Waals surface area contributed by atoms with Crippen molar-refractivity contribution in [1.82, 2.24) is 4.98 Å². The predicted molar refractivity (Wildman–Crippen MR) is 90.9 cm³/mol. The Morgan fingerprint density at radius 2 is 1.83 bits per heavy atom. The molecule has 1 aromatic heterocycles. The lowest BCUT2D eigenvalue weighted by Crippen LogP contribution is -2.08. The quantitative estimate of drug-likeness (QED) is 0.780. The Morgan fingerprint density at radius 3 is 2.48 bits per heavy atom. The lowest BCUT2D eigenvalue weighted by molar-refractivity contribution is -0.114. The Balaban J connectivity index is 2.07. The van der Waals surface area contributed by atoms with E-state index in [-0.39, 0.29) is 11.3 Å². The van der Waals surface area contributed by atoms with Crippen molar-refractivity contribution in [3.63, 3.8) is 0 Å². The molecular formula is C18H16N2O3. The van der Waals surface area contributed by atoms with E-state index in [9.17, 15) is 9.59 Å². The summed E-state index contributed by atoms with van der Waals surface area (Å²) in [5, 5.41) is 3.21. The number of benzene rings is 2. The maximum Gasteiger partial charge on any atom is 0.221 e. The molecule has 0 fully saturated rings. The van der Waals surface area contributed by atoms with Gasteiger partial charge in [0.25, 0.3) is 0 Å². The average molecular weight is 308 g/mol. The number of H-pyrrole nitrogens is 1. The zero-order chi connectivity index (χ0) is 16.4. The number of aromatic amines is 1. The first-order valence-corrected chi connectivity index (χ1v) is 7.16. The first-order chi connectivity index (χ1) is 11.1. The van der Waals surface area contributed by atoms with Gasteiger partial charge in [-0.15, -0.1) is 0 Å². The maximum atomic E-state index is 12.4. The van der Waals surface area contributed by atoms with Gasteiger partial charge in [0.1, 0.15) is 5.75 Å². The molecule has 0 atom stereocenters. The van der Waals surface area contributed by atoms with Crippen LogP contribution < -0.4 is 15.5 Å². The Hall–Kier alpha value is -3.08. The fourth-order valence-electron chi connectivity index (χ4n) is 2.45. The lowest BCUT2D eigenvalue weighted by Gasteiger charge is -2.08. The number of hydrogen-bond acceptors (Lipinski definition) is 3. The molecule has 0 unspecified atom stereocenters. The molecule has 3 aromatic rings. The van der Waals surface area contributed by atoms with Gasteiger partial charge in [0.05, 0.1) is 7.11 Å². The summed E-state index contributed by atoms with van der Waals surface area (Å²) in [5.41, 5.74) is 2.86. The number of carbonyl (C=O) groups excluding carboxylic acids is 1. The molecule has 0 aliphatic heterocycles. The number of methoxy groups -OCH3 is 1. The van der Waals surface area contributed by atoms with Crippen LogP contribution in [0, 0.1) is 0 Å². The molecule has 5 heteroatoms. The van der Waals surface area contributed by atoms with Crippen LogP contribution in [0.2, 0.25) is 0 Å². The summed E-state index contributed by atoms with van der Waals surface area (Å²) in [6.45, 7) is 1.43. The standard InChI is InChI=1S/C18H16N2O3/c1-11(21)19-13-5-8-16-15(9-13)18(22)10-17(20-16)12-3-6-14(23-2)7-4-12/h3-10H,1-2H3,(H,19,21)(H,20,22). The number of rotatable bonds is 3. The Bertz CT molecular complexity index is 927. The minimum Gasteiger partial charge on any atom is -0.497 e. The summed E-state index contributed by atoms with van der Waals surface area (Å²) in [6.07, 6.45) is 0. The van der Waals surface area contributed by atoms with Gasteiger partial charge in [0.2, 0.25) is 5.91 Å². The number of anilines is 1. The van der Waals surface area contributed by atoms with Gasteiger partial charge in [-0.3, -0.25) is 9.59 Å². The third-order valence-corrected chi connectivity index (χ3v) is 3.55. The van der Waals surface area contributed by atoms with Gasteiger partial charge in [-0.25, -0.2) is 0 Å². The highest BCUT2D eigenvalue weighted by molar-refractivity contribution is 5.92. The number of hydrogen-bond donors (Lipinski definition) is 2. The maximum absolute atomic E-state index is 12.4. The molecule has 0 saturated heterocycles. The Labute approximate surface area is 132 Å². The van der Waals surface area contributed by atoms with E-state index in [1.54, 1.807) is 31.4 Å². The minimum absolute atomic E-state index is 0.100. The number of aromatic nitrogens is 1. The van der Waals surface area contributed by atoms with E-state index in [0.29, 0.717) is 11.1 Å². The molecule has 2 aromatic carbocycles. The van der Waals surface area contributed by atoms with Gasteiger partial charge in [0, 0.05) is 35.3 Å². The second kappa shape index (κ2) is 5.96. The zero-order valence-corrected chi connectivity index (χ0v) is 12.8. The van der Waals surface area contributed by atoms with Crippen LogP contribution in [0.4, 0.5) is 5.69 Å². The van der Waals surface area contributed by atoms with Crippen molar-refractivity contribution < 1.29 is 9.53 Å². The van der Waals surface area contributed by atoms with E-state index in [1.807, 2.05) is 24.3 Å². The Kier molecular flexibility index (Phi) is 3.85. The van der Waals surface area contributed by atoms with E-state index in [0.717, 1.165) is 22.5 Å². The van der Waals surface area contributed by atoms with Gasteiger partial charge in [-0.05, 0) is 48.0 Å². The normalized spacial score (nSPS) is 10.5. The van der Waals surface area contributed by atoms with Crippen molar-refractivity contribution in [2.45, 2.75) is 6.92 Å². The van der Waals surface area contributed by atoms with Gasteiger partial charge >= 0.3 is 0 Å². The molecular weight excluding hydrogens is 292 g/mol. The van der Waals surface area contributed by atoms with Crippen LogP contribution >= 0.6 is 0 Å². The molecule has 0 saturated carbocycles. The lowest BCUT2D eigenvalue weighted by atomic mass is 10.1. The van der Waals surface area contributed by atoms with E-state index < -0.39 is 0 Å². The van der Waals surface area contributed by atoms with Crippen LogP contribution in [0.1, 0.15) is 6.92 Å². The summed E-state index contributed by atoms with van der Waals surface area (Å²) in [6, 6.07) is 14.3. The number of nitrogens with one attached hydrogen (secondary N) is 2. The molecule has 1 amide bonds. The minimum atomic E-state index is -0.171. The van der Waals surface area contributed by atoms with Crippen molar-refractivity contribution in [3.05, 3.63) is 58.8 Å². The van der Waals surface area contributed by atoms with Crippen LogP contribution in [0.15, 0.2) is 53.3 Å². The number of carbonyl (C=O) groups is 1. The molecule has 0 bridgehead atoms. The highest BCUT2D eigenvalue weighted by Crippen LogP contribution is 2.22. The Morgan fingerprint density at radius 1 is 1.09 bits per heavy atom. The number of pyridine rings is 1. The summed E-state index contributed by atoms with van der Waals surface area (Å²) in [5.74, 6) is 0.590. The third kappa shape index (κ3) is 3.08. The topological polar surface area (TPSA) is 71.2 Å². The number of amides is 1. The molecule has 0 aliphatic carbocycles. The van der Waals surface area contributed by atoms with E-state index in [1.165, 1.54) is 6.92 Å². The van der Waals surface area contributed by atoms with Crippen molar-refractivity contribution >= 4 is 22.5 Å². The highest BCUT2D eigenvalue weighted by atomic mass is 16.5. The second-order valence-corrected chi connectivity index (χ2v) is 5.22. The molecule has 0 radical (unpaired) electrons. The monoisotopic (exact) mass is 308 g/mol. The average Bonchev–Trinajstić information content (AvgIpc) is 2.55. The van der Waals surface area contributed by atoms with Crippen molar-refractivity contribution in [1.29, 1.82) is 0 Å². The summed E-state index contributed by atoms with van der Waals surface area (Å²) in [4.78, 5) is 26.7. The van der Waals surface area contributed by atoms with E-state index in [2.05, 4.69) is 10.3 Å². The SMILES string of the molecule is COc1ccc(-c2cc(=O)c3cc(NC(C)=O)ccc3[nH]2)cc1. The van der Waals surface area contributed by atoms with E-state index >= 15 is 0 Å². The van der Waals surface area contributed by atoms with Crippen LogP contribution in [-0.2, 0) is 4.79 Å². The second-order valence-electron chi connectivity index (χ2n) is 5.22. The number of fused-ring (bicyclic) bond motifs is 1. The molecule has 1 heterocycles. The first kappa shape index (κ1) is 14.8. The van der Waals surface area contributed by atoms with Crippen molar-refractivity contribution in [3.8, 4) is 17.0 Å². The molecule has 0 aliphatic rings. The van der Waals surface area contributed by atoms with Crippen molar-refractivity contribution in [2.24, 2.45) is 0 Å². The molecule has 0 spiro atoms. The first-order valence-electron chi connectivity index (χ1n) is 7.16. The van der Waals surface area contributed by atoms with E-state index in [4.69, 9.17) is 4.74 Å². The highest BCUT2D eigenvalue weighted by Gasteiger charge is 2.06. The van der Waals surface area contributed by atoms with Crippen molar-refractivity contribution in [2.75, 3.05) is 12.4 Å². The zero-order valence-electron chi connectivity index (χ0n) is 12.8. The van der Waals surface area contributed by atoms with Gasteiger partial charge in [-0.1, -0.05) is 0 Å². The molecule has 2 N–H and O–H groups in total. The molecule has 3 rings (SSSR count). The largest absolute Gasteiger partial charge is 0.497 e. The smallest absolute Gasteiger partial charge is 0.221 e.